The molecule has 0 radical (unpaired) electrons. The Morgan fingerprint density at radius 2 is 1.83 bits per heavy atom. The molecule has 0 amide bonds. The van der Waals surface area contributed by atoms with Gasteiger partial charge in [-0.3, -0.25) is 10.1 Å². The lowest BCUT2D eigenvalue weighted by Crippen LogP contribution is -2.30. The van der Waals surface area contributed by atoms with Crippen molar-refractivity contribution in [2.75, 3.05) is 5.32 Å². The Morgan fingerprint density at radius 3 is 2.22 bits per heavy atom. The van der Waals surface area contributed by atoms with Gasteiger partial charge in [0.1, 0.15) is 0 Å². The van der Waals surface area contributed by atoms with Crippen molar-refractivity contribution >= 4 is 34.6 Å². The van der Waals surface area contributed by atoms with Crippen LogP contribution in [0.3, 0.4) is 0 Å². The summed E-state index contributed by atoms with van der Waals surface area (Å²) in [6.45, 7) is 6.15. The quantitative estimate of drug-likeness (QED) is 0.620. The van der Waals surface area contributed by atoms with Crippen molar-refractivity contribution in [1.29, 1.82) is 0 Å². The van der Waals surface area contributed by atoms with E-state index in [1.165, 1.54) is 12.1 Å². The third-order valence-electron chi connectivity index (χ3n) is 2.58. The number of nitrogens with one attached hydrogen (secondary N) is 1. The molecule has 1 aromatic carbocycles. The Hall–Kier alpha value is -1.00. The summed E-state index contributed by atoms with van der Waals surface area (Å²) < 4.78 is 0. The third-order valence-corrected chi connectivity index (χ3v) is 3.17. The fraction of sp³-hybridized carbons (Fsp3) is 0.500. The van der Waals surface area contributed by atoms with E-state index < -0.39 is 4.92 Å². The molecule has 0 spiro atoms. The highest BCUT2D eigenvalue weighted by Crippen LogP contribution is 2.36. The minimum atomic E-state index is -0.515. The van der Waals surface area contributed by atoms with E-state index in [9.17, 15) is 10.1 Å². The first-order valence-electron chi connectivity index (χ1n) is 5.68. The SMILES string of the molecule is CCCC(C)(C)Nc1c(Cl)cc([N+](=O)[O-])cc1Cl. The molecular formula is C12H16Cl2N2O2. The fourth-order valence-electron chi connectivity index (χ4n) is 1.81. The summed E-state index contributed by atoms with van der Waals surface area (Å²) in [5.74, 6) is 0. The summed E-state index contributed by atoms with van der Waals surface area (Å²) in [6, 6.07) is 2.61. The van der Waals surface area contributed by atoms with E-state index in [-0.39, 0.29) is 21.3 Å². The number of hydrogen-bond donors (Lipinski definition) is 1. The molecular weight excluding hydrogens is 275 g/mol. The molecule has 4 nitrogen and oxygen atoms in total. The van der Waals surface area contributed by atoms with E-state index in [1.54, 1.807) is 0 Å². The van der Waals surface area contributed by atoms with Crippen LogP contribution in [0, 0.1) is 10.1 Å². The van der Waals surface area contributed by atoms with E-state index in [1.807, 2.05) is 13.8 Å². The number of halogens is 2. The predicted octanol–water partition coefficient (Wildman–Crippen LogP) is 4.89. The molecule has 1 aromatic rings. The van der Waals surface area contributed by atoms with Gasteiger partial charge < -0.3 is 5.32 Å². The number of hydrogen-bond acceptors (Lipinski definition) is 3. The molecule has 100 valence electrons. The van der Waals surface area contributed by atoms with E-state index in [2.05, 4.69) is 12.2 Å². The summed E-state index contributed by atoms with van der Waals surface area (Å²) in [4.78, 5) is 10.2. The maximum Gasteiger partial charge on any atom is 0.272 e. The van der Waals surface area contributed by atoms with Crippen LogP contribution >= 0.6 is 23.2 Å². The summed E-state index contributed by atoms with van der Waals surface area (Å²) in [7, 11) is 0. The summed E-state index contributed by atoms with van der Waals surface area (Å²) in [5.41, 5.74) is 0.268. The predicted molar refractivity (Wildman–Crippen MR) is 75.7 cm³/mol. The first kappa shape index (κ1) is 15.1. The van der Waals surface area contributed by atoms with Crippen LogP contribution in [-0.2, 0) is 0 Å². The minimum Gasteiger partial charge on any atom is -0.378 e. The molecule has 0 saturated carbocycles. The van der Waals surface area contributed by atoms with Crippen molar-refractivity contribution in [2.45, 2.75) is 39.2 Å². The van der Waals surface area contributed by atoms with Gasteiger partial charge in [-0.15, -0.1) is 0 Å². The van der Waals surface area contributed by atoms with Gasteiger partial charge in [-0.25, -0.2) is 0 Å². The second-order valence-corrected chi connectivity index (χ2v) is 5.61. The van der Waals surface area contributed by atoms with Gasteiger partial charge >= 0.3 is 0 Å². The number of nitro groups is 1. The second kappa shape index (κ2) is 5.76. The number of benzene rings is 1. The molecule has 0 saturated heterocycles. The van der Waals surface area contributed by atoms with Crippen LogP contribution in [0.15, 0.2) is 12.1 Å². The van der Waals surface area contributed by atoms with E-state index in [0.29, 0.717) is 5.69 Å². The van der Waals surface area contributed by atoms with Gasteiger partial charge in [-0.1, -0.05) is 36.5 Å². The van der Waals surface area contributed by atoms with Crippen LogP contribution in [0.2, 0.25) is 10.0 Å². The lowest BCUT2D eigenvalue weighted by atomic mass is 9.98. The summed E-state index contributed by atoms with van der Waals surface area (Å²) in [5, 5.41) is 14.4. The second-order valence-electron chi connectivity index (χ2n) is 4.80. The van der Waals surface area contributed by atoms with Crippen molar-refractivity contribution in [2.24, 2.45) is 0 Å². The van der Waals surface area contributed by atoms with E-state index >= 15 is 0 Å². The van der Waals surface area contributed by atoms with Crippen molar-refractivity contribution in [3.8, 4) is 0 Å². The molecule has 1 rings (SSSR count). The van der Waals surface area contributed by atoms with Crippen LogP contribution in [-0.4, -0.2) is 10.5 Å². The number of anilines is 1. The topological polar surface area (TPSA) is 55.2 Å². The van der Waals surface area contributed by atoms with Crippen molar-refractivity contribution < 1.29 is 4.92 Å². The molecule has 1 N–H and O–H groups in total. The molecule has 0 aliphatic carbocycles. The molecule has 0 unspecified atom stereocenters. The molecule has 18 heavy (non-hydrogen) atoms. The Kier molecular flexibility index (Phi) is 4.82. The average Bonchev–Trinajstić information content (AvgIpc) is 2.22. The summed E-state index contributed by atoms with van der Waals surface area (Å²) in [6.07, 6.45) is 1.96. The van der Waals surface area contributed by atoms with Gasteiger partial charge in [0.2, 0.25) is 0 Å². The van der Waals surface area contributed by atoms with Gasteiger partial charge in [0.15, 0.2) is 0 Å². The standard InChI is InChI=1S/C12H16Cl2N2O2/c1-4-5-12(2,3)15-11-9(13)6-8(16(17)18)7-10(11)14/h6-7,15H,4-5H2,1-3H3. The van der Waals surface area contributed by atoms with Crippen molar-refractivity contribution in [1.82, 2.24) is 0 Å². The Morgan fingerprint density at radius 1 is 1.33 bits per heavy atom. The van der Waals surface area contributed by atoms with Crippen LogP contribution in [0.25, 0.3) is 0 Å². The van der Waals surface area contributed by atoms with E-state index in [0.717, 1.165) is 12.8 Å². The zero-order valence-corrected chi connectivity index (χ0v) is 12.1. The lowest BCUT2D eigenvalue weighted by molar-refractivity contribution is -0.384. The lowest BCUT2D eigenvalue weighted by Gasteiger charge is -2.28. The average molecular weight is 291 g/mol. The van der Waals surface area contributed by atoms with Gasteiger partial charge in [0.05, 0.1) is 20.7 Å². The smallest absolute Gasteiger partial charge is 0.272 e. The minimum absolute atomic E-state index is 0.108. The molecule has 0 aliphatic heterocycles. The Balaban J connectivity index is 3.08. The van der Waals surface area contributed by atoms with Gasteiger partial charge in [-0.2, -0.15) is 0 Å². The monoisotopic (exact) mass is 290 g/mol. The highest BCUT2D eigenvalue weighted by atomic mass is 35.5. The van der Waals surface area contributed by atoms with Crippen LogP contribution in [0.1, 0.15) is 33.6 Å². The Labute approximate surface area is 116 Å². The zero-order valence-electron chi connectivity index (χ0n) is 10.6. The molecule has 0 fully saturated rings. The Bertz CT molecular complexity index is 438. The van der Waals surface area contributed by atoms with E-state index in [4.69, 9.17) is 23.2 Å². The number of non-ortho nitro benzene ring substituents is 1. The molecule has 0 aromatic heterocycles. The number of nitrogens with zero attached hydrogens (tertiary/aromatic N) is 1. The van der Waals surface area contributed by atoms with Crippen molar-refractivity contribution in [3.05, 3.63) is 32.3 Å². The van der Waals surface area contributed by atoms with Crippen LogP contribution < -0.4 is 5.32 Å². The number of nitro benzene ring substituents is 1. The van der Waals surface area contributed by atoms with Gasteiger partial charge in [0, 0.05) is 17.7 Å². The molecule has 0 aliphatic rings. The first-order valence-corrected chi connectivity index (χ1v) is 6.44. The first-order chi connectivity index (χ1) is 8.26. The molecule has 0 heterocycles. The van der Waals surface area contributed by atoms with Crippen LogP contribution in [0.5, 0.6) is 0 Å². The molecule has 0 bridgehead atoms. The normalized spacial score (nSPS) is 11.4. The maximum atomic E-state index is 10.7. The largest absolute Gasteiger partial charge is 0.378 e. The van der Waals surface area contributed by atoms with Crippen molar-refractivity contribution in [3.63, 3.8) is 0 Å². The highest BCUT2D eigenvalue weighted by Gasteiger charge is 2.21. The molecule has 0 atom stereocenters. The highest BCUT2D eigenvalue weighted by molar-refractivity contribution is 6.39. The summed E-state index contributed by atoms with van der Waals surface area (Å²) >= 11 is 12.1. The molecule has 6 heteroatoms. The van der Waals surface area contributed by atoms with Crippen LogP contribution in [0.4, 0.5) is 11.4 Å². The zero-order chi connectivity index (χ0) is 13.9. The van der Waals surface area contributed by atoms with Gasteiger partial charge in [-0.05, 0) is 20.3 Å². The third kappa shape index (κ3) is 3.75. The fourth-order valence-corrected chi connectivity index (χ4v) is 2.38. The number of rotatable bonds is 5. The maximum absolute atomic E-state index is 10.7. The van der Waals surface area contributed by atoms with Gasteiger partial charge in [0.25, 0.3) is 5.69 Å².